The maximum absolute atomic E-state index is 12.4. The number of hydrogen-bond acceptors (Lipinski definition) is 6. The summed E-state index contributed by atoms with van der Waals surface area (Å²) in [5.41, 5.74) is 2.11. The van der Waals surface area contributed by atoms with Crippen LogP contribution >= 0.6 is 0 Å². The van der Waals surface area contributed by atoms with Crippen molar-refractivity contribution in [2.24, 2.45) is 0 Å². The number of hydrogen-bond donors (Lipinski definition) is 1. The Bertz CT molecular complexity index is 852. The Morgan fingerprint density at radius 2 is 1.96 bits per heavy atom. The summed E-state index contributed by atoms with van der Waals surface area (Å²) in [6.07, 6.45) is 0. The molecule has 1 aromatic carbocycles. The SMILES string of the molecule is CCN(CC(=O)Nc1oc(C)c(C)c1C#N)Cc1ccc(OC)c(OC)c1. The maximum Gasteiger partial charge on any atom is 0.240 e. The van der Waals surface area contributed by atoms with Crippen LogP contribution in [0.5, 0.6) is 11.5 Å². The zero-order chi connectivity index (χ0) is 20.0. The van der Waals surface area contributed by atoms with Gasteiger partial charge in [-0.15, -0.1) is 0 Å². The summed E-state index contributed by atoms with van der Waals surface area (Å²) in [5, 5.41) is 11.9. The number of ether oxygens (including phenoxy) is 2. The third-order valence-corrected chi connectivity index (χ3v) is 4.42. The summed E-state index contributed by atoms with van der Waals surface area (Å²) >= 11 is 0. The van der Waals surface area contributed by atoms with Gasteiger partial charge in [0.2, 0.25) is 11.8 Å². The lowest BCUT2D eigenvalue weighted by Gasteiger charge is -2.20. The average molecular weight is 371 g/mol. The van der Waals surface area contributed by atoms with E-state index in [1.54, 1.807) is 28.1 Å². The topological polar surface area (TPSA) is 87.7 Å². The Kier molecular flexibility index (Phi) is 6.85. The lowest BCUT2D eigenvalue weighted by molar-refractivity contribution is -0.117. The average Bonchev–Trinajstić information content (AvgIpc) is 2.93. The van der Waals surface area contributed by atoms with Crippen molar-refractivity contribution in [1.82, 2.24) is 4.90 Å². The molecule has 0 bridgehead atoms. The molecule has 0 atom stereocenters. The van der Waals surface area contributed by atoms with Gasteiger partial charge in [-0.25, -0.2) is 0 Å². The van der Waals surface area contributed by atoms with E-state index in [9.17, 15) is 10.1 Å². The number of furan rings is 1. The number of carbonyl (C=O) groups excluding carboxylic acids is 1. The molecule has 1 heterocycles. The van der Waals surface area contributed by atoms with Gasteiger partial charge in [-0.2, -0.15) is 5.26 Å². The van der Waals surface area contributed by atoms with E-state index in [1.165, 1.54) is 0 Å². The maximum atomic E-state index is 12.4. The number of nitrogens with zero attached hydrogens (tertiary/aromatic N) is 2. The predicted octanol–water partition coefficient (Wildman–Crippen LogP) is 3.25. The monoisotopic (exact) mass is 371 g/mol. The van der Waals surface area contributed by atoms with Gasteiger partial charge in [-0.05, 0) is 38.1 Å². The lowest BCUT2D eigenvalue weighted by atomic mass is 10.2. The van der Waals surface area contributed by atoms with Crippen molar-refractivity contribution in [3.05, 3.63) is 40.6 Å². The first-order valence-corrected chi connectivity index (χ1v) is 8.66. The minimum atomic E-state index is -0.234. The molecule has 1 aromatic heterocycles. The lowest BCUT2D eigenvalue weighted by Crippen LogP contribution is -2.32. The summed E-state index contributed by atoms with van der Waals surface area (Å²) in [6, 6.07) is 7.75. The fraction of sp³-hybridized carbons (Fsp3) is 0.400. The standard InChI is InChI=1S/C20H25N3O4/c1-6-23(11-15-7-8-17(25-4)18(9-15)26-5)12-19(24)22-20-16(10-21)13(2)14(3)27-20/h7-9H,6,11-12H2,1-5H3,(H,22,24). The molecule has 0 saturated carbocycles. The van der Waals surface area contributed by atoms with Crippen molar-refractivity contribution < 1.29 is 18.7 Å². The number of benzene rings is 1. The van der Waals surface area contributed by atoms with E-state index < -0.39 is 0 Å². The molecule has 144 valence electrons. The van der Waals surface area contributed by atoms with Crippen LogP contribution in [0.4, 0.5) is 5.88 Å². The molecular weight excluding hydrogens is 346 g/mol. The fourth-order valence-electron chi connectivity index (χ4n) is 2.74. The molecule has 2 rings (SSSR count). The number of nitriles is 1. The number of likely N-dealkylation sites (N-methyl/N-ethyl adjacent to an activating group) is 1. The molecule has 0 spiro atoms. The Labute approximate surface area is 159 Å². The Morgan fingerprint density at radius 1 is 1.26 bits per heavy atom. The predicted molar refractivity (Wildman–Crippen MR) is 102 cm³/mol. The van der Waals surface area contributed by atoms with Crippen LogP contribution in [-0.4, -0.2) is 38.1 Å². The first-order valence-electron chi connectivity index (χ1n) is 8.66. The summed E-state index contributed by atoms with van der Waals surface area (Å²) in [5.74, 6) is 1.91. The smallest absolute Gasteiger partial charge is 0.240 e. The number of aryl methyl sites for hydroxylation is 1. The van der Waals surface area contributed by atoms with Crippen LogP contribution in [0.1, 0.15) is 29.4 Å². The number of methoxy groups -OCH3 is 2. The van der Waals surface area contributed by atoms with Crippen molar-refractivity contribution in [3.63, 3.8) is 0 Å². The van der Waals surface area contributed by atoms with E-state index in [0.29, 0.717) is 35.9 Å². The minimum absolute atomic E-state index is 0.175. The molecule has 0 aliphatic carbocycles. The highest BCUT2D eigenvalue weighted by Gasteiger charge is 2.18. The highest BCUT2D eigenvalue weighted by Crippen LogP contribution is 2.28. The summed E-state index contributed by atoms with van der Waals surface area (Å²) in [4.78, 5) is 14.4. The molecule has 2 aromatic rings. The molecule has 1 amide bonds. The van der Waals surface area contributed by atoms with Crippen LogP contribution in [0.15, 0.2) is 22.6 Å². The van der Waals surface area contributed by atoms with Crippen LogP contribution in [0.3, 0.4) is 0 Å². The van der Waals surface area contributed by atoms with E-state index in [2.05, 4.69) is 11.4 Å². The van der Waals surface area contributed by atoms with E-state index >= 15 is 0 Å². The number of nitrogens with one attached hydrogen (secondary N) is 1. The Morgan fingerprint density at radius 3 is 2.56 bits per heavy atom. The summed E-state index contributed by atoms with van der Waals surface area (Å²) in [7, 11) is 3.18. The Balaban J connectivity index is 2.06. The molecule has 0 fully saturated rings. The third-order valence-electron chi connectivity index (χ3n) is 4.42. The largest absolute Gasteiger partial charge is 0.493 e. The van der Waals surface area contributed by atoms with Gasteiger partial charge >= 0.3 is 0 Å². The van der Waals surface area contributed by atoms with Crippen LogP contribution in [0.2, 0.25) is 0 Å². The van der Waals surface area contributed by atoms with E-state index in [1.807, 2.05) is 30.0 Å². The van der Waals surface area contributed by atoms with Gasteiger partial charge in [-0.3, -0.25) is 15.0 Å². The van der Waals surface area contributed by atoms with Crippen molar-refractivity contribution >= 4 is 11.8 Å². The van der Waals surface area contributed by atoms with Crippen LogP contribution in [0, 0.1) is 25.2 Å². The first kappa shape index (κ1) is 20.3. The second kappa shape index (κ2) is 9.10. The molecule has 7 heteroatoms. The van der Waals surface area contributed by atoms with Gasteiger partial charge in [0.1, 0.15) is 17.4 Å². The zero-order valence-electron chi connectivity index (χ0n) is 16.4. The normalized spacial score (nSPS) is 10.6. The van der Waals surface area contributed by atoms with Gasteiger partial charge in [0.25, 0.3) is 0 Å². The van der Waals surface area contributed by atoms with Gasteiger partial charge in [0, 0.05) is 12.1 Å². The highest BCUT2D eigenvalue weighted by molar-refractivity contribution is 5.92. The molecule has 0 aliphatic heterocycles. The fourth-order valence-corrected chi connectivity index (χ4v) is 2.74. The summed E-state index contributed by atoms with van der Waals surface area (Å²) in [6.45, 7) is 6.98. The van der Waals surface area contributed by atoms with Gasteiger partial charge < -0.3 is 13.9 Å². The highest BCUT2D eigenvalue weighted by atomic mass is 16.5. The third kappa shape index (κ3) is 4.80. The van der Waals surface area contributed by atoms with Gasteiger partial charge in [0.15, 0.2) is 11.5 Å². The first-order chi connectivity index (χ1) is 12.9. The summed E-state index contributed by atoms with van der Waals surface area (Å²) < 4.78 is 16.1. The second-order valence-corrected chi connectivity index (χ2v) is 6.14. The molecule has 0 unspecified atom stereocenters. The molecular formula is C20H25N3O4. The van der Waals surface area contributed by atoms with Crippen LogP contribution < -0.4 is 14.8 Å². The van der Waals surface area contributed by atoms with Gasteiger partial charge in [0.05, 0.1) is 20.8 Å². The van der Waals surface area contributed by atoms with Gasteiger partial charge in [-0.1, -0.05) is 13.0 Å². The molecule has 0 radical (unpaired) electrons. The van der Waals surface area contributed by atoms with Crippen molar-refractivity contribution in [2.45, 2.75) is 27.3 Å². The van der Waals surface area contributed by atoms with Crippen LogP contribution in [-0.2, 0) is 11.3 Å². The van der Waals surface area contributed by atoms with Crippen molar-refractivity contribution in [2.75, 3.05) is 32.6 Å². The number of carbonyl (C=O) groups is 1. The number of anilines is 1. The van der Waals surface area contributed by atoms with Crippen LogP contribution in [0.25, 0.3) is 0 Å². The molecule has 0 aliphatic rings. The zero-order valence-corrected chi connectivity index (χ0v) is 16.4. The Hall–Kier alpha value is -2.98. The minimum Gasteiger partial charge on any atom is -0.493 e. The quantitative estimate of drug-likeness (QED) is 0.766. The number of amides is 1. The van der Waals surface area contributed by atoms with E-state index in [0.717, 1.165) is 11.1 Å². The molecule has 7 nitrogen and oxygen atoms in total. The van der Waals surface area contributed by atoms with Crippen molar-refractivity contribution in [1.29, 1.82) is 5.26 Å². The number of rotatable bonds is 8. The van der Waals surface area contributed by atoms with E-state index in [4.69, 9.17) is 13.9 Å². The molecule has 0 saturated heterocycles. The molecule has 27 heavy (non-hydrogen) atoms. The van der Waals surface area contributed by atoms with E-state index in [-0.39, 0.29) is 18.3 Å². The van der Waals surface area contributed by atoms with Crippen molar-refractivity contribution in [3.8, 4) is 17.6 Å². The molecule has 1 N–H and O–H groups in total. The second-order valence-electron chi connectivity index (χ2n) is 6.14.